The second-order valence-electron chi connectivity index (χ2n) is 4.77. The van der Waals surface area contributed by atoms with Crippen LogP contribution in [0.25, 0.3) is 0 Å². The predicted octanol–water partition coefficient (Wildman–Crippen LogP) is 5.19. The van der Waals surface area contributed by atoms with Crippen molar-refractivity contribution in [3.63, 3.8) is 0 Å². The molecule has 0 radical (unpaired) electrons. The number of aromatic nitrogens is 2. The van der Waals surface area contributed by atoms with Gasteiger partial charge in [0.25, 0.3) is 0 Å². The number of amides is 1. The molecule has 3 rings (SSSR count). The molecule has 3 aromatic rings. The highest BCUT2D eigenvalue weighted by Gasteiger charge is 2.08. The van der Waals surface area contributed by atoms with Gasteiger partial charge in [0.2, 0.25) is 5.88 Å². The summed E-state index contributed by atoms with van der Waals surface area (Å²) in [7, 11) is 0. The summed E-state index contributed by atoms with van der Waals surface area (Å²) >= 11 is 11.8. The van der Waals surface area contributed by atoms with Crippen molar-refractivity contribution in [1.82, 2.24) is 9.97 Å². The van der Waals surface area contributed by atoms with E-state index < -0.39 is 6.09 Å². The van der Waals surface area contributed by atoms with E-state index >= 15 is 0 Å². The van der Waals surface area contributed by atoms with E-state index in [2.05, 4.69) is 15.3 Å². The normalized spacial score (nSPS) is 10.2. The highest BCUT2D eigenvalue weighted by Crippen LogP contribution is 2.29. The van der Waals surface area contributed by atoms with Crippen molar-refractivity contribution in [3.05, 3.63) is 71.1 Å². The number of carbonyl (C=O) groups is 1. The predicted molar refractivity (Wildman–Crippen MR) is 94.7 cm³/mol. The molecule has 0 unspecified atom stereocenters. The maximum Gasteiger partial charge on any atom is 0.417 e. The second-order valence-corrected chi connectivity index (χ2v) is 5.61. The summed E-state index contributed by atoms with van der Waals surface area (Å²) in [5, 5.41) is 3.28. The standard InChI is InChI=1S/C17H11Cl2N3O3/c18-11-8-15(19)16(21-9-11)24-13-3-5-14(6-4-13)25-17(23)22-12-2-1-7-20-10-12/h1-10H,(H,22,23). The smallest absolute Gasteiger partial charge is 0.417 e. The van der Waals surface area contributed by atoms with Crippen molar-refractivity contribution in [2.24, 2.45) is 0 Å². The molecule has 0 atom stereocenters. The van der Waals surface area contributed by atoms with Crippen LogP contribution in [0.3, 0.4) is 0 Å². The number of hydrogen-bond acceptors (Lipinski definition) is 5. The first kappa shape index (κ1) is 17.0. The number of anilines is 1. The van der Waals surface area contributed by atoms with Gasteiger partial charge < -0.3 is 9.47 Å². The molecule has 2 heterocycles. The van der Waals surface area contributed by atoms with E-state index in [1.54, 1.807) is 42.6 Å². The van der Waals surface area contributed by atoms with E-state index in [0.29, 0.717) is 27.2 Å². The van der Waals surface area contributed by atoms with Crippen LogP contribution < -0.4 is 14.8 Å². The molecular weight excluding hydrogens is 365 g/mol. The Hall–Kier alpha value is -2.83. The molecule has 0 bridgehead atoms. The minimum Gasteiger partial charge on any atom is -0.438 e. The van der Waals surface area contributed by atoms with Gasteiger partial charge in [0.05, 0.1) is 16.9 Å². The molecule has 0 aliphatic heterocycles. The minimum absolute atomic E-state index is 0.231. The number of ether oxygens (including phenoxy) is 2. The van der Waals surface area contributed by atoms with Gasteiger partial charge in [-0.2, -0.15) is 0 Å². The van der Waals surface area contributed by atoms with E-state index in [0.717, 1.165) is 0 Å². The Morgan fingerprint density at radius 2 is 1.80 bits per heavy atom. The Bertz CT molecular complexity index is 874. The minimum atomic E-state index is -0.621. The Morgan fingerprint density at radius 3 is 2.48 bits per heavy atom. The van der Waals surface area contributed by atoms with Gasteiger partial charge in [0.15, 0.2) is 0 Å². The molecule has 1 aromatic carbocycles. The SMILES string of the molecule is O=C(Nc1cccnc1)Oc1ccc(Oc2ncc(Cl)cc2Cl)cc1. The molecule has 1 N–H and O–H groups in total. The van der Waals surface area contributed by atoms with E-state index in [1.165, 1.54) is 18.5 Å². The third kappa shape index (κ3) is 4.82. The van der Waals surface area contributed by atoms with E-state index in [4.69, 9.17) is 32.7 Å². The number of pyridine rings is 2. The van der Waals surface area contributed by atoms with Crippen molar-refractivity contribution in [3.8, 4) is 17.4 Å². The number of carbonyl (C=O) groups excluding carboxylic acids is 1. The zero-order chi connectivity index (χ0) is 17.6. The first-order chi connectivity index (χ1) is 12.1. The summed E-state index contributed by atoms with van der Waals surface area (Å²) in [6.45, 7) is 0. The largest absolute Gasteiger partial charge is 0.438 e. The summed E-state index contributed by atoms with van der Waals surface area (Å²) in [5.74, 6) is 1.06. The fourth-order valence-corrected chi connectivity index (χ4v) is 2.27. The summed E-state index contributed by atoms with van der Waals surface area (Å²) in [4.78, 5) is 19.7. The Labute approximate surface area is 153 Å². The van der Waals surface area contributed by atoms with Crippen molar-refractivity contribution in [1.29, 1.82) is 0 Å². The van der Waals surface area contributed by atoms with Crippen LogP contribution in [-0.2, 0) is 0 Å². The van der Waals surface area contributed by atoms with Crippen LogP contribution in [0.1, 0.15) is 0 Å². The zero-order valence-electron chi connectivity index (χ0n) is 12.6. The molecule has 1 amide bonds. The van der Waals surface area contributed by atoms with Crippen molar-refractivity contribution >= 4 is 35.0 Å². The van der Waals surface area contributed by atoms with Crippen molar-refractivity contribution in [2.45, 2.75) is 0 Å². The first-order valence-electron chi connectivity index (χ1n) is 7.08. The van der Waals surface area contributed by atoms with Crippen molar-refractivity contribution in [2.75, 3.05) is 5.32 Å². The van der Waals surface area contributed by atoms with Gasteiger partial charge in [-0.15, -0.1) is 0 Å². The number of halogens is 2. The molecule has 0 aliphatic carbocycles. The van der Waals surface area contributed by atoms with Crippen LogP contribution in [-0.4, -0.2) is 16.1 Å². The highest BCUT2D eigenvalue weighted by molar-refractivity contribution is 6.35. The number of rotatable bonds is 4. The number of nitrogens with zero attached hydrogens (tertiary/aromatic N) is 2. The molecule has 8 heteroatoms. The Morgan fingerprint density at radius 1 is 1.04 bits per heavy atom. The Kier molecular flexibility index (Phi) is 5.33. The molecule has 0 saturated heterocycles. The monoisotopic (exact) mass is 375 g/mol. The maximum atomic E-state index is 11.8. The molecular formula is C17H11Cl2N3O3. The van der Waals surface area contributed by atoms with Gasteiger partial charge in [0, 0.05) is 12.4 Å². The quantitative estimate of drug-likeness (QED) is 0.679. The van der Waals surface area contributed by atoms with Crippen LogP contribution >= 0.6 is 23.2 Å². The van der Waals surface area contributed by atoms with E-state index in [1.807, 2.05) is 0 Å². The third-order valence-corrected chi connectivity index (χ3v) is 3.41. The first-order valence-corrected chi connectivity index (χ1v) is 7.83. The zero-order valence-corrected chi connectivity index (χ0v) is 14.2. The molecule has 6 nitrogen and oxygen atoms in total. The topological polar surface area (TPSA) is 73.3 Å². The molecule has 0 aliphatic rings. The van der Waals surface area contributed by atoms with Gasteiger partial charge in [0.1, 0.15) is 16.5 Å². The van der Waals surface area contributed by atoms with E-state index in [9.17, 15) is 4.79 Å². The average Bonchev–Trinajstić information content (AvgIpc) is 2.60. The van der Waals surface area contributed by atoms with Crippen LogP contribution in [0, 0.1) is 0 Å². The fraction of sp³-hybridized carbons (Fsp3) is 0. The summed E-state index contributed by atoms with van der Waals surface area (Å²) in [6, 6.07) is 11.4. The average molecular weight is 376 g/mol. The van der Waals surface area contributed by atoms with Crippen LogP contribution in [0.2, 0.25) is 10.0 Å². The second kappa shape index (κ2) is 7.83. The number of hydrogen-bond donors (Lipinski definition) is 1. The van der Waals surface area contributed by atoms with Gasteiger partial charge in [-0.3, -0.25) is 10.3 Å². The lowest BCUT2D eigenvalue weighted by atomic mass is 10.3. The summed E-state index contributed by atoms with van der Waals surface area (Å²) in [6.07, 6.45) is 3.94. The lowest BCUT2D eigenvalue weighted by Gasteiger charge is -2.08. The molecule has 2 aromatic heterocycles. The number of benzene rings is 1. The van der Waals surface area contributed by atoms with E-state index in [-0.39, 0.29) is 5.88 Å². The highest BCUT2D eigenvalue weighted by atomic mass is 35.5. The van der Waals surface area contributed by atoms with Gasteiger partial charge in [-0.25, -0.2) is 9.78 Å². The molecule has 25 heavy (non-hydrogen) atoms. The molecule has 0 fully saturated rings. The van der Waals surface area contributed by atoms with Gasteiger partial charge in [-0.1, -0.05) is 23.2 Å². The number of nitrogens with one attached hydrogen (secondary N) is 1. The molecule has 0 spiro atoms. The van der Waals surface area contributed by atoms with Crippen LogP contribution in [0.5, 0.6) is 17.4 Å². The third-order valence-electron chi connectivity index (χ3n) is 2.93. The van der Waals surface area contributed by atoms with Gasteiger partial charge in [-0.05, 0) is 42.5 Å². The van der Waals surface area contributed by atoms with Gasteiger partial charge >= 0.3 is 6.09 Å². The molecule has 126 valence electrons. The summed E-state index contributed by atoms with van der Waals surface area (Å²) in [5.41, 5.74) is 0.538. The van der Waals surface area contributed by atoms with Crippen LogP contribution in [0.15, 0.2) is 61.1 Å². The van der Waals surface area contributed by atoms with Crippen molar-refractivity contribution < 1.29 is 14.3 Å². The Balaban J connectivity index is 1.61. The lowest BCUT2D eigenvalue weighted by Crippen LogP contribution is -2.16. The summed E-state index contributed by atoms with van der Waals surface area (Å²) < 4.78 is 10.7. The van der Waals surface area contributed by atoms with Crippen LogP contribution in [0.4, 0.5) is 10.5 Å². The maximum absolute atomic E-state index is 11.8. The lowest BCUT2D eigenvalue weighted by molar-refractivity contribution is 0.215. The molecule has 0 saturated carbocycles. The fourth-order valence-electron chi connectivity index (χ4n) is 1.85.